The first-order chi connectivity index (χ1) is 5.65. The minimum Gasteiger partial charge on any atom is -0.343 e. The Balaban J connectivity index is 2.44. The zero-order valence-electron chi connectivity index (χ0n) is 7.09. The fourth-order valence-electron chi connectivity index (χ4n) is 1.55. The van der Waals surface area contributed by atoms with Crippen LogP contribution in [-0.4, -0.2) is 30.3 Å². The molecule has 0 N–H and O–H groups in total. The van der Waals surface area contributed by atoms with Crippen LogP contribution in [0.5, 0.6) is 0 Å². The van der Waals surface area contributed by atoms with Gasteiger partial charge in [-0.05, 0) is 13.3 Å². The van der Waals surface area contributed by atoms with Crippen molar-refractivity contribution in [1.29, 1.82) is 0 Å². The molecule has 1 rings (SSSR count). The lowest BCUT2D eigenvalue weighted by Crippen LogP contribution is -2.27. The number of carbonyl (C=O) groups is 1. The maximum atomic E-state index is 11.9. The van der Waals surface area contributed by atoms with Crippen LogP contribution in [0.15, 0.2) is 0 Å². The summed E-state index contributed by atoms with van der Waals surface area (Å²) in [6.45, 7) is 3.15. The topological polar surface area (TPSA) is 20.3 Å². The van der Waals surface area contributed by atoms with Crippen LogP contribution in [0.25, 0.3) is 0 Å². The number of halogens is 2. The molecule has 1 heterocycles. The Kier molecular flexibility index (Phi) is 3.00. The fourth-order valence-corrected chi connectivity index (χ4v) is 1.55. The lowest BCUT2D eigenvalue weighted by molar-refractivity contribution is -0.131. The number of likely N-dealkylation sites (tertiary alicyclic amines) is 1. The Labute approximate surface area is 70.5 Å². The van der Waals surface area contributed by atoms with E-state index in [0.717, 1.165) is 0 Å². The summed E-state index contributed by atoms with van der Waals surface area (Å²) < 4.78 is 23.8. The minimum atomic E-state index is -2.35. The van der Waals surface area contributed by atoms with Gasteiger partial charge in [-0.15, -0.1) is 0 Å². The maximum absolute atomic E-state index is 11.9. The Morgan fingerprint density at radius 1 is 1.67 bits per heavy atom. The van der Waals surface area contributed by atoms with Gasteiger partial charge < -0.3 is 4.90 Å². The molecule has 1 atom stereocenters. The second-order valence-electron chi connectivity index (χ2n) is 3.03. The first-order valence-electron chi connectivity index (χ1n) is 4.22. The Hall–Kier alpha value is -0.670. The molecule has 12 heavy (non-hydrogen) atoms. The summed E-state index contributed by atoms with van der Waals surface area (Å²) in [4.78, 5) is 12.9. The van der Waals surface area contributed by atoms with Crippen molar-refractivity contribution >= 4 is 5.91 Å². The first kappa shape index (κ1) is 9.42. The third kappa shape index (κ3) is 1.93. The lowest BCUT2D eigenvalue weighted by Gasteiger charge is -2.13. The van der Waals surface area contributed by atoms with E-state index in [0.29, 0.717) is 19.5 Å². The van der Waals surface area contributed by atoms with E-state index >= 15 is 0 Å². The summed E-state index contributed by atoms with van der Waals surface area (Å²) >= 11 is 0. The van der Waals surface area contributed by atoms with Gasteiger partial charge in [0.15, 0.2) is 0 Å². The third-order valence-electron chi connectivity index (χ3n) is 2.25. The molecule has 1 saturated heterocycles. The van der Waals surface area contributed by atoms with Gasteiger partial charge in [0.1, 0.15) is 0 Å². The SMILES string of the molecule is CCN1CCC(CC(F)F)C1=O. The predicted molar refractivity (Wildman–Crippen MR) is 41.0 cm³/mol. The summed E-state index contributed by atoms with van der Waals surface area (Å²) in [7, 11) is 0. The van der Waals surface area contributed by atoms with Gasteiger partial charge >= 0.3 is 0 Å². The fraction of sp³-hybridized carbons (Fsp3) is 0.875. The number of alkyl halides is 2. The standard InChI is InChI=1S/C8H13F2NO/c1-2-11-4-3-6(8(11)12)5-7(9)10/h6-7H,2-5H2,1H3. The second-order valence-corrected chi connectivity index (χ2v) is 3.03. The van der Waals surface area contributed by atoms with Crippen molar-refractivity contribution in [3.05, 3.63) is 0 Å². The Bertz CT molecular complexity index is 172. The number of carbonyl (C=O) groups excluding carboxylic acids is 1. The second kappa shape index (κ2) is 3.83. The van der Waals surface area contributed by atoms with Crippen molar-refractivity contribution in [2.24, 2.45) is 5.92 Å². The van der Waals surface area contributed by atoms with E-state index in [4.69, 9.17) is 0 Å². The molecule has 1 unspecified atom stereocenters. The van der Waals surface area contributed by atoms with Crippen molar-refractivity contribution in [2.75, 3.05) is 13.1 Å². The van der Waals surface area contributed by atoms with E-state index in [1.807, 2.05) is 6.92 Å². The van der Waals surface area contributed by atoms with Gasteiger partial charge in [-0.2, -0.15) is 0 Å². The lowest BCUT2D eigenvalue weighted by atomic mass is 10.1. The van der Waals surface area contributed by atoms with Gasteiger partial charge in [-0.1, -0.05) is 0 Å². The molecule has 1 aliphatic heterocycles. The molecule has 0 aliphatic carbocycles. The van der Waals surface area contributed by atoms with E-state index in [1.165, 1.54) is 0 Å². The largest absolute Gasteiger partial charge is 0.343 e. The molecule has 0 aromatic rings. The molecule has 0 saturated carbocycles. The number of rotatable bonds is 3. The Morgan fingerprint density at radius 3 is 2.75 bits per heavy atom. The zero-order valence-corrected chi connectivity index (χ0v) is 7.09. The third-order valence-corrected chi connectivity index (χ3v) is 2.25. The van der Waals surface area contributed by atoms with Crippen molar-refractivity contribution in [3.63, 3.8) is 0 Å². The van der Waals surface area contributed by atoms with E-state index < -0.39 is 12.3 Å². The molecule has 0 aromatic carbocycles. The van der Waals surface area contributed by atoms with Crippen LogP contribution in [0.2, 0.25) is 0 Å². The molecular weight excluding hydrogens is 164 g/mol. The summed E-state index contributed by atoms with van der Waals surface area (Å²) in [5.74, 6) is -0.525. The summed E-state index contributed by atoms with van der Waals surface area (Å²) in [5.41, 5.74) is 0. The van der Waals surface area contributed by atoms with Crippen molar-refractivity contribution in [3.8, 4) is 0 Å². The molecule has 0 spiro atoms. The molecule has 0 radical (unpaired) electrons. The van der Waals surface area contributed by atoms with Crippen LogP contribution >= 0.6 is 0 Å². The van der Waals surface area contributed by atoms with Gasteiger partial charge in [-0.3, -0.25) is 4.79 Å². The summed E-state index contributed by atoms with van der Waals surface area (Å²) in [6, 6.07) is 0. The molecule has 2 nitrogen and oxygen atoms in total. The van der Waals surface area contributed by atoms with Crippen LogP contribution in [0.4, 0.5) is 8.78 Å². The number of amides is 1. The average Bonchev–Trinajstić information content (AvgIpc) is 2.32. The highest BCUT2D eigenvalue weighted by Crippen LogP contribution is 2.23. The van der Waals surface area contributed by atoms with Crippen LogP contribution in [0, 0.1) is 5.92 Å². The average molecular weight is 177 g/mol. The van der Waals surface area contributed by atoms with Crippen LogP contribution in [0.1, 0.15) is 19.8 Å². The van der Waals surface area contributed by atoms with Gasteiger partial charge in [-0.25, -0.2) is 8.78 Å². The quantitative estimate of drug-likeness (QED) is 0.639. The van der Waals surface area contributed by atoms with Gasteiger partial charge in [0.05, 0.1) is 0 Å². The molecule has 1 aliphatic rings. The highest BCUT2D eigenvalue weighted by Gasteiger charge is 2.32. The van der Waals surface area contributed by atoms with E-state index in [2.05, 4.69) is 0 Å². The molecule has 1 amide bonds. The molecule has 70 valence electrons. The highest BCUT2D eigenvalue weighted by molar-refractivity contribution is 5.80. The molecule has 4 heteroatoms. The maximum Gasteiger partial charge on any atom is 0.239 e. The molecule has 0 bridgehead atoms. The normalized spacial score (nSPS) is 24.2. The van der Waals surface area contributed by atoms with Crippen LogP contribution in [-0.2, 0) is 4.79 Å². The van der Waals surface area contributed by atoms with Crippen LogP contribution in [0.3, 0.4) is 0 Å². The van der Waals surface area contributed by atoms with E-state index in [1.54, 1.807) is 4.90 Å². The van der Waals surface area contributed by atoms with Crippen molar-refractivity contribution in [1.82, 2.24) is 4.90 Å². The monoisotopic (exact) mass is 177 g/mol. The van der Waals surface area contributed by atoms with Gasteiger partial charge in [0.25, 0.3) is 0 Å². The van der Waals surface area contributed by atoms with Gasteiger partial charge in [0, 0.05) is 25.4 Å². The minimum absolute atomic E-state index is 0.0993. The number of nitrogens with zero attached hydrogens (tertiary/aromatic N) is 1. The van der Waals surface area contributed by atoms with Crippen molar-refractivity contribution < 1.29 is 13.6 Å². The molecule has 1 fully saturated rings. The zero-order chi connectivity index (χ0) is 9.14. The predicted octanol–water partition coefficient (Wildman–Crippen LogP) is 1.51. The first-order valence-corrected chi connectivity index (χ1v) is 4.22. The Morgan fingerprint density at radius 2 is 2.33 bits per heavy atom. The van der Waals surface area contributed by atoms with E-state index in [-0.39, 0.29) is 12.3 Å². The highest BCUT2D eigenvalue weighted by atomic mass is 19.3. The smallest absolute Gasteiger partial charge is 0.239 e. The van der Waals surface area contributed by atoms with Gasteiger partial charge in [0.2, 0.25) is 12.3 Å². The summed E-state index contributed by atoms with van der Waals surface area (Å²) in [6.07, 6.45) is -2.03. The number of hydrogen-bond acceptors (Lipinski definition) is 1. The number of hydrogen-bond donors (Lipinski definition) is 0. The molecular formula is C8H13F2NO. The van der Waals surface area contributed by atoms with E-state index in [9.17, 15) is 13.6 Å². The summed E-state index contributed by atoms with van der Waals surface area (Å²) in [5, 5.41) is 0. The van der Waals surface area contributed by atoms with Crippen LogP contribution < -0.4 is 0 Å². The molecule has 0 aromatic heterocycles. The van der Waals surface area contributed by atoms with Crippen molar-refractivity contribution in [2.45, 2.75) is 26.2 Å².